The fraction of sp³-hybridized carbons (Fsp3) is 0.348. The largest absolute Gasteiger partial charge is 0.455 e. The Bertz CT molecular complexity index is 2210. The molecule has 50 heavy (non-hydrogen) atoms. The molecule has 256 valence electrons. The van der Waals surface area contributed by atoms with Crippen LogP contribution in [0.3, 0.4) is 0 Å². The van der Waals surface area contributed by atoms with Gasteiger partial charge >= 0.3 is 0 Å². The highest BCUT2D eigenvalue weighted by Gasteiger charge is 2.16. The predicted molar refractivity (Wildman–Crippen MR) is 219 cm³/mol. The van der Waals surface area contributed by atoms with E-state index >= 15 is 0 Å². The van der Waals surface area contributed by atoms with Gasteiger partial charge in [0, 0.05) is 31.3 Å². The fourth-order valence-corrected chi connectivity index (χ4v) is 9.73. The van der Waals surface area contributed by atoms with Crippen LogP contribution in [0, 0.1) is 0 Å². The molecule has 8 rings (SSSR count). The maximum absolute atomic E-state index is 6.63. The number of hydrogen-bond acceptors (Lipinski definition) is 4. The van der Waals surface area contributed by atoms with Gasteiger partial charge in [-0.3, -0.25) is 0 Å². The highest BCUT2D eigenvalue weighted by molar-refractivity contribution is 7.15. The maximum atomic E-state index is 6.63. The van der Waals surface area contributed by atoms with Crippen molar-refractivity contribution in [3.8, 4) is 21.3 Å². The van der Waals surface area contributed by atoms with Crippen LogP contribution in [0.1, 0.15) is 101 Å². The summed E-state index contributed by atoms with van der Waals surface area (Å²) in [6, 6.07) is 31.6. The maximum Gasteiger partial charge on any atom is 0.145 e. The number of rotatable bonds is 16. The number of aryl methyl sites for hydroxylation is 2. The number of furan rings is 2. The molecule has 0 atom stereocenters. The summed E-state index contributed by atoms with van der Waals surface area (Å²) in [4.78, 5) is 5.36. The molecule has 0 N–H and O–H groups in total. The third kappa shape index (κ3) is 6.77. The number of thiophene rings is 2. The van der Waals surface area contributed by atoms with E-state index in [4.69, 9.17) is 8.83 Å². The summed E-state index contributed by atoms with van der Waals surface area (Å²) in [7, 11) is 0. The molecule has 0 fully saturated rings. The molecule has 4 aromatic heterocycles. The number of unbranched alkanes of at least 4 members (excludes halogenated alkanes) is 10. The summed E-state index contributed by atoms with van der Waals surface area (Å²) in [5.41, 5.74) is 1.95. The molecule has 2 nitrogen and oxygen atoms in total. The van der Waals surface area contributed by atoms with Crippen molar-refractivity contribution < 1.29 is 8.83 Å². The van der Waals surface area contributed by atoms with Gasteiger partial charge in [0.15, 0.2) is 0 Å². The molecule has 0 aliphatic rings. The molecule has 0 spiro atoms. The average Bonchev–Trinajstić information content (AvgIpc) is 3.96. The van der Waals surface area contributed by atoms with E-state index in [2.05, 4.69) is 98.8 Å². The van der Waals surface area contributed by atoms with Crippen LogP contribution in [0.15, 0.2) is 93.8 Å². The Balaban J connectivity index is 1.04. The quantitative estimate of drug-likeness (QED) is 0.0742. The van der Waals surface area contributed by atoms with Gasteiger partial charge in [-0.15, -0.1) is 22.7 Å². The molecule has 8 aromatic rings. The van der Waals surface area contributed by atoms with Crippen LogP contribution in [-0.2, 0) is 12.8 Å². The van der Waals surface area contributed by atoms with Crippen molar-refractivity contribution in [3.05, 3.63) is 94.7 Å². The molecule has 4 aromatic carbocycles. The SMILES string of the molecule is CCCCCCCCc1ccc(-c2cc3ccc4c5ccc6c(ccc7cc(-c8ccc(CCCCCCCC)s8)oc76)c5ccc4c3o2)s1. The number of benzene rings is 4. The van der Waals surface area contributed by atoms with Crippen molar-refractivity contribution in [2.24, 2.45) is 0 Å². The van der Waals surface area contributed by atoms with E-state index in [-0.39, 0.29) is 0 Å². The number of fused-ring (bicyclic) bond motifs is 9. The van der Waals surface area contributed by atoms with Gasteiger partial charge in [0.25, 0.3) is 0 Å². The Labute approximate surface area is 304 Å². The van der Waals surface area contributed by atoms with Crippen LogP contribution in [0.4, 0.5) is 0 Å². The second-order valence-electron chi connectivity index (χ2n) is 14.2. The second-order valence-corrected chi connectivity index (χ2v) is 16.5. The second kappa shape index (κ2) is 15.2. The van der Waals surface area contributed by atoms with Crippen molar-refractivity contribution in [2.45, 2.75) is 104 Å². The van der Waals surface area contributed by atoms with Gasteiger partial charge in [-0.05, 0) is 95.8 Å². The molecular weight excluding hydrogens is 649 g/mol. The summed E-state index contributed by atoms with van der Waals surface area (Å²) in [6.07, 6.45) is 18.3. The zero-order chi connectivity index (χ0) is 33.9. The first-order chi connectivity index (χ1) is 24.7. The van der Waals surface area contributed by atoms with E-state index in [1.54, 1.807) is 0 Å². The normalized spacial score (nSPS) is 12.1. The van der Waals surface area contributed by atoms with Crippen LogP contribution in [-0.4, -0.2) is 0 Å². The first-order valence-corrected chi connectivity index (χ1v) is 20.8. The predicted octanol–water partition coefficient (Wildman–Crippen LogP) is 15.9. The topological polar surface area (TPSA) is 26.3 Å². The Kier molecular flexibility index (Phi) is 10.1. The monoisotopic (exact) mass is 696 g/mol. The lowest BCUT2D eigenvalue weighted by Gasteiger charge is -2.08. The van der Waals surface area contributed by atoms with Crippen molar-refractivity contribution in [2.75, 3.05) is 0 Å². The lowest BCUT2D eigenvalue weighted by molar-refractivity contribution is 0.609. The summed E-state index contributed by atoms with van der Waals surface area (Å²) in [5.74, 6) is 1.95. The summed E-state index contributed by atoms with van der Waals surface area (Å²) in [5, 5.41) is 9.60. The number of hydrogen-bond donors (Lipinski definition) is 0. The summed E-state index contributed by atoms with van der Waals surface area (Å²) in [6.45, 7) is 4.56. The van der Waals surface area contributed by atoms with Crippen LogP contribution >= 0.6 is 22.7 Å². The third-order valence-electron chi connectivity index (χ3n) is 10.5. The first-order valence-electron chi connectivity index (χ1n) is 19.1. The Morgan fingerprint density at radius 1 is 0.400 bits per heavy atom. The highest BCUT2D eigenvalue weighted by Crippen LogP contribution is 2.42. The smallest absolute Gasteiger partial charge is 0.145 e. The van der Waals surface area contributed by atoms with Crippen molar-refractivity contribution in [1.29, 1.82) is 0 Å². The van der Waals surface area contributed by atoms with Crippen molar-refractivity contribution in [1.82, 2.24) is 0 Å². The lowest BCUT2D eigenvalue weighted by atomic mass is 9.95. The minimum Gasteiger partial charge on any atom is -0.455 e. The van der Waals surface area contributed by atoms with E-state index < -0.39 is 0 Å². The minimum atomic E-state index is 0.974. The average molecular weight is 697 g/mol. The molecule has 0 amide bonds. The molecule has 0 bridgehead atoms. The Morgan fingerprint density at radius 3 is 1.24 bits per heavy atom. The fourth-order valence-electron chi connectivity index (χ4n) is 7.72. The minimum absolute atomic E-state index is 0.974. The molecule has 0 unspecified atom stereocenters. The zero-order valence-electron chi connectivity index (χ0n) is 29.6. The standard InChI is InChI=1S/C46H48O2S2/c1-3-5-7-9-11-13-15-33-19-27-43(49-33)41-29-31-17-21-37-35-24-26-40-38(36(35)23-25-39(37)45(31)47-41)22-18-32-30-42(48-46(32)40)44-28-20-34(50-44)16-14-12-10-8-6-4-2/h17-30H,3-16H2,1-2H3. The molecule has 0 aliphatic carbocycles. The van der Waals surface area contributed by atoms with Gasteiger partial charge in [-0.25, -0.2) is 0 Å². The molecule has 4 heterocycles. The first kappa shape index (κ1) is 33.3. The Morgan fingerprint density at radius 2 is 0.780 bits per heavy atom. The van der Waals surface area contributed by atoms with Crippen LogP contribution in [0.25, 0.3) is 75.5 Å². The van der Waals surface area contributed by atoms with Gasteiger partial charge in [0.2, 0.25) is 0 Å². The van der Waals surface area contributed by atoms with E-state index in [1.807, 2.05) is 22.7 Å². The van der Waals surface area contributed by atoms with Gasteiger partial charge in [-0.2, -0.15) is 0 Å². The van der Waals surface area contributed by atoms with Crippen LogP contribution in [0.5, 0.6) is 0 Å². The van der Waals surface area contributed by atoms with Gasteiger partial charge in [0.05, 0.1) is 9.75 Å². The highest BCUT2D eigenvalue weighted by atomic mass is 32.1. The Hall–Kier alpha value is -3.86. The summed E-state index contributed by atoms with van der Waals surface area (Å²) >= 11 is 3.77. The van der Waals surface area contributed by atoms with E-state index in [9.17, 15) is 0 Å². The van der Waals surface area contributed by atoms with Gasteiger partial charge in [-0.1, -0.05) is 114 Å². The lowest BCUT2D eigenvalue weighted by Crippen LogP contribution is -1.82. The van der Waals surface area contributed by atoms with Crippen molar-refractivity contribution in [3.63, 3.8) is 0 Å². The molecule has 0 saturated heterocycles. The molecule has 0 saturated carbocycles. The van der Waals surface area contributed by atoms with Gasteiger partial charge in [0.1, 0.15) is 22.7 Å². The molecule has 0 radical (unpaired) electrons. The molecular formula is C46H48O2S2. The zero-order valence-corrected chi connectivity index (χ0v) is 31.2. The van der Waals surface area contributed by atoms with Crippen LogP contribution < -0.4 is 0 Å². The van der Waals surface area contributed by atoms with Crippen LogP contribution in [0.2, 0.25) is 0 Å². The molecule has 4 heteroatoms. The van der Waals surface area contributed by atoms with E-state index in [0.717, 1.165) is 33.5 Å². The van der Waals surface area contributed by atoms with Gasteiger partial charge < -0.3 is 8.83 Å². The molecule has 0 aliphatic heterocycles. The summed E-state index contributed by atoms with van der Waals surface area (Å²) < 4.78 is 13.3. The van der Waals surface area contributed by atoms with E-state index in [0.29, 0.717) is 0 Å². The van der Waals surface area contributed by atoms with E-state index in [1.165, 1.54) is 142 Å². The van der Waals surface area contributed by atoms with Crippen molar-refractivity contribution >= 4 is 76.9 Å². The third-order valence-corrected chi connectivity index (χ3v) is 12.8.